The molecule has 0 atom stereocenters. The van der Waals surface area contributed by atoms with Crippen LogP contribution in [0.1, 0.15) is 26.5 Å². The zero-order chi connectivity index (χ0) is 19.9. The van der Waals surface area contributed by atoms with Gasteiger partial charge in [-0.25, -0.2) is 13.6 Å². The molecule has 1 aromatic carbocycles. The highest BCUT2D eigenvalue weighted by molar-refractivity contribution is 6.14. The molecule has 2 aromatic rings. The van der Waals surface area contributed by atoms with Gasteiger partial charge in [-0.2, -0.15) is 13.2 Å². The van der Waals surface area contributed by atoms with Gasteiger partial charge in [0.05, 0.1) is 5.39 Å². The molecule has 0 aliphatic heterocycles. The molecule has 142 valence electrons. The van der Waals surface area contributed by atoms with Crippen LogP contribution in [0.3, 0.4) is 0 Å². The third-order valence-corrected chi connectivity index (χ3v) is 2.92. The highest BCUT2D eigenvalue weighted by Crippen LogP contribution is 2.37. The number of oxime groups is 1. The van der Waals surface area contributed by atoms with E-state index in [1.807, 2.05) is 5.32 Å². The Morgan fingerprint density at radius 3 is 2.35 bits per heavy atom. The van der Waals surface area contributed by atoms with E-state index >= 15 is 0 Å². The normalized spacial score (nSPS) is 13.2. The van der Waals surface area contributed by atoms with E-state index in [9.17, 15) is 26.7 Å². The summed E-state index contributed by atoms with van der Waals surface area (Å²) in [6.45, 7) is 4.49. The second-order valence-electron chi connectivity index (χ2n) is 6.14. The minimum atomic E-state index is -5.21. The van der Waals surface area contributed by atoms with E-state index in [-0.39, 0.29) is 0 Å². The first-order valence-electron chi connectivity index (χ1n) is 7.04. The fraction of sp³-hybridized carbons (Fsp3) is 0.333. The zero-order valence-electron chi connectivity index (χ0n) is 13.7. The van der Waals surface area contributed by atoms with E-state index in [1.54, 1.807) is 0 Å². The average molecular weight is 380 g/mol. The fourth-order valence-electron chi connectivity index (χ4n) is 2.05. The first kappa shape index (κ1) is 19.5. The molecule has 1 heterocycles. The van der Waals surface area contributed by atoms with Crippen LogP contribution in [-0.4, -0.2) is 28.8 Å². The largest absolute Gasteiger partial charge is 0.449 e. The number of hydrogen-bond acceptors (Lipinski definition) is 5. The van der Waals surface area contributed by atoms with Crippen molar-refractivity contribution in [3.63, 3.8) is 0 Å². The van der Waals surface area contributed by atoms with Gasteiger partial charge in [-0.3, -0.25) is 5.32 Å². The summed E-state index contributed by atoms with van der Waals surface area (Å²) in [4.78, 5) is 11.9. The standard InChI is InChI=1S/C15H13F5N2O4/c1-14(2,3)26-13(23)21-9-7-4-6(16)5-8(17)10(7)25-11(9)12(22-24)15(18,19)20/h4-5,24H,1-3H3,(H,21,23)/b22-12-. The van der Waals surface area contributed by atoms with Crippen molar-refractivity contribution < 1.29 is 41.1 Å². The van der Waals surface area contributed by atoms with Crippen LogP contribution in [0, 0.1) is 11.6 Å². The van der Waals surface area contributed by atoms with E-state index in [1.165, 1.54) is 20.8 Å². The average Bonchev–Trinajstić information content (AvgIpc) is 2.75. The Kier molecular flexibility index (Phi) is 4.84. The number of alkyl halides is 3. The number of carbonyl (C=O) groups excluding carboxylic acids is 1. The molecule has 0 bridgehead atoms. The number of nitrogens with one attached hydrogen (secondary N) is 1. The Bertz CT molecular complexity index is 881. The van der Waals surface area contributed by atoms with Gasteiger partial charge in [0.25, 0.3) is 0 Å². The number of benzene rings is 1. The summed E-state index contributed by atoms with van der Waals surface area (Å²) >= 11 is 0. The Morgan fingerprint density at radius 1 is 1.23 bits per heavy atom. The quantitative estimate of drug-likeness (QED) is 0.339. The monoisotopic (exact) mass is 380 g/mol. The molecule has 6 nitrogen and oxygen atoms in total. The van der Waals surface area contributed by atoms with Crippen LogP contribution in [0.5, 0.6) is 0 Å². The molecule has 0 spiro atoms. The van der Waals surface area contributed by atoms with Crippen LogP contribution in [0.4, 0.5) is 32.4 Å². The molecule has 0 unspecified atom stereocenters. The SMILES string of the molecule is CC(C)(C)OC(=O)Nc1c(/C(=N/O)C(F)(F)F)oc2c(F)cc(F)cc12. The molecular weight excluding hydrogens is 367 g/mol. The summed E-state index contributed by atoms with van der Waals surface area (Å²) in [6, 6.07) is 1.04. The molecule has 0 fully saturated rings. The summed E-state index contributed by atoms with van der Waals surface area (Å²) in [5, 5.41) is 12.3. The maximum Gasteiger partial charge on any atom is 0.440 e. The lowest BCUT2D eigenvalue weighted by molar-refractivity contribution is -0.0609. The molecule has 0 saturated heterocycles. The molecule has 1 amide bonds. The smallest absolute Gasteiger partial charge is 0.440 e. The third-order valence-electron chi connectivity index (χ3n) is 2.92. The lowest BCUT2D eigenvalue weighted by Crippen LogP contribution is -2.29. The molecule has 0 radical (unpaired) electrons. The van der Waals surface area contributed by atoms with Crippen molar-refractivity contribution in [3.05, 3.63) is 29.5 Å². The Morgan fingerprint density at radius 2 is 1.85 bits per heavy atom. The second kappa shape index (κ2) is 6.46. The number of carbonyl (C=O) groups is 1. The van der Waals surface area contributed by atoms with Crippen LogP contribution in [0.25, 0.3) is 11.0 Å². The predicted octanol–water partition coefficient (Wildman–Crippen LogP) is 4.80. The Labute approximate surface area is 143 Å². The van der Waals surface area contributed by atoms with Crippen molar-refractivity contribution in [1.82, 2.24) is 0 Å². The van der Waals surface area contributed by atoms with Gasteiger partial charge in [-0.05, 0) is 26.8 Å². The number of amides is 1. The number of furan rings is 1. The first-order valence-corrected chi connectivity index (χ1v) is 7.04. The van der Waals surface area contributed by atoms with E-state index < -0.39 is 57.6 Å². The Hall–Kier alpha value is -2.85. The molecule has 2 rings (SSSR count). The van der Waals surface area contributed by atoms with Crippen molar-refractivity contribution >= 4 is 28.5 Å². The highest BCUT2D eigenvalue weighted by Gasteiger charge is 2.42. The van der Waals surface area contributed by atoms with Crippen molar-refractivity contribution in [2.45, 2.75) is 32.5 Å². The van der Waals surface area contributed by atoms with Crippen LogP contribution < -0.4 is 5.32 Å². The van der Waals surface area contributed by atoms with Gasteiger partial charge in [0.15, 0.2) is 17.2 Å². The molecule has 26 heavy (non-hydrogen) atoms. The van der Waals surface area contributed by atoms with Crippen molar-refractivity contribution in [2.24, 2.45) is 5.16 Å². The second-order valence-corrected chi connectivity index (χ2v) is 6.14. The van der Waals surface area contributed by atoms with E-state index in [2.05, 4.69) is 5.16 Å². The van der Waals surface area contributed by atoms with E-state index in [0.717, 1.165) is 0 Å². The predicted molar refractivity (Wildman–Crippen MR) is 80.4 cm³/mol. The van der Waals surface area contributed by atoms with Gasteiger partial charge >= 0.3 is 12.3 Å². The molecule has 0 aliphatic carbocycles. The summed E-state index contributed by atoms with van der Waals surface area (Å²) < 4.78 is 76.1. The number of nitrogens with zero attached hydrogens (tertiary/aromatic N) is 1. The summed E-state index contributed by atoms with van der Waals surface area (Å²) in [5.74, 6) is -3.63. The number of fused-ring (bicyclic) bond motifs is 1. The molecular formula is C15H13F5N2O4. The van der Waals surface area contributed by atoms with Gasteiger partial charge in [-0.1, -0.05) is 5.16 Å². The topological polar surface area (TPSA) is 84.1 Å². The fourth-order valence-corrected chi connectivity index (χ4v) is 2.05. The third kappa shape index (κ3) is 4.03. The molecule has 2 N–H and O–H groups in total. The zero-order valence-corrected chi connectivity index (χ0v) is 13.7. The lowest BCUT2D eigenvalue weighted by atomic mass is 10.1. The van der Waals surface area contributed by atoms with Gasteiger partial charge in [-0.15, -0.1) is 0 Å². The summed E-state index contributed by atoms with van der Waals surface area (Å²) in [5.41, 5.74) is -4.46. The summed E-state index contributed by atoms with van der Waals surface area (Å²) in [7, 11) is 0. The highest BCUT2D eigenvalue weighted by atomic mass is 19.4. The summed E-state index contributed by atoms with van der Waals surface area (Å²) in [6.07, 6.45) is -6.41. The van der Waals surface area contributed by atoms with Gasteiger partial charge < -0.3 is 14.4 Å². The number of ether oxygens (including phenoxy) is 1. The van der Waals surface area contributed by atoms with Crippen LogP contribution in [-0.2, 0) is 4.74 Å². The van der Waals surface area contributed by atoms with E-state index in [0.29, 0.717) is 12.1 Å². The van der Waals surface area contributed by atoms with Crippen LogP contribution in [0.2, 0.25) is 0 Å². The molecule has 0 aliphatic rings. The number of hydrogen-bond donors (Lipinski definition) is 2. The Balaban J connectivity index is 2.68. The molecule has 0 saturated carbocycles. The van der Waals surface area contributed by atoms with Gasteiger partial charge in [0, 0.05) is 6.07 Å². The maximum absolute atomic E-state index is 13.9. The van der Waals surface area contributed by atoms with Gasteiger partial charge in [0.2, 0.25) is 5.71 Å². The van der Waals surface area contributed by atoms with E-state index in [4.69, 9.17) is 14.4 Å². The number of rotatable bonds is 2. The minimum Gasteiger partial charge on any atom is -0.449 e. The maximum atomic E-state index is 13.9. The van der Waals surface area contributed by atoms with Crippen molar-refractivity contribution in [2.75, 3.05) is 5.32 Å². The van der Waals surface area contributed by atoms with Crippen molar-refractivity contribution in [3.8, 4) is 0 Å². The lowest BCUT2D eigenvalue weighted by Gasteiger charge is -2.19. The first-order chi connectivity index (χ1) is 11.8. The molecule has 1 aromatic heterocycles. The number of anilines is 1. The molecule has 11 heteroatoms. The van der Waals surface area contributed by atoms with Crippen LogP contribution >= 0.6 is 0 Å². The van der Waals surface area contributed by atoms with Crippen LogP contribution in [0.15, 0.2) is 21.7 Å². The van der Waals surface area contributed by atoms with Crippen molar-refractivity contribution in [1.29, 1.82) is 0 Å². The van der Waals surface area contributed by atoms with Gasteiger partial charge in [0.1, 0.15) is 17.1 Å². The minimum absolute atomic E-state index is 0.385. The number of halogens is 5.